The lowest BCUT2D eigenvalue weighted by Crippen LogP contribution is -2.15. The van der Waals surface area contributed by atoms with E-state index >= 15 is 0 Å². The van der Waals surface area contributed by atoms with E-state index in [4.69, 9.17) is 9.84 Å². The summed E-state index contributed by atoms with van der Waals surface area (Å²) in [6.45, 7) is 3.63. The molecule has 2 aromatic carbocycles. The Morgan fingerprint density at radius 1 is 1.00 bits per heavy atom. The van der Waals surface area contributed by atoms with Gasteiger partial charge in [0, 0.05) is 11.9 Å². The van der Waals surface area contributed by atoms with Gasteiger partial charge in [0.25, 0.3) is 0 Å². The zero-order chi connectivity index (χ0) is 17.5. The number of fused-ring (bicyclic) bond motifs is 1. The second-order valence-electron chi connectivity index (χ2n) is 5.66. The van der Waals surface area contributed by atoms with Crippen molar-refractivity contribution in [2.75, 3.05) is 36.9 Å². The summed E-state index contributed by atoms with van der Waals surface area (Å²) >= 11 is 0. The van der Waals surface area contributed by atoms with E-state index in [1.54, 1.807) is 0 Å². The van der Waals surface area contributed by atoms with Gasteiger partial charge in [0.2, 0.25) is 5.95 Å². The highest BCUT2D eigenvalue weighted by Crippen LogP contribution is 2.21. The van der Waals surface area contributed by atoms with Crippen LogP contribution < -0.4 is 15.4 Å². The van der Waals surface area contributed by atoms with Crippen LogP contribution in [0.1, 0.15) is 5.56 Å². The molecule has 3 N–H and O–H groups in total. The number of aryl methyl sites for hydroxylation is 1. The van der Waals surface area contributed by atoms with Crippen LogP contribution in [0.4, 0.5) is 11.8 Å². The number of aliphatic hydroxyl groups is 1. The zero-order valence-electron chi connectivity index (χ0n) is 14.2. The van der Waals surface area contributed by atoms with Crippen molar-refractivity contribution in [3.8, 4) is 5.75 Å². The Bertz CT molecular complexity index is 839. The second kappa shape index (κ2) is 8.30. The number of hydrogen-bond donors (Lipinski definition) is 3. The Kier molecular flexibility index (Phi) is 5.64. The summed E-state index contributed by atoms with van der Waals surface area (Å²) in [5.41, 5.74) is 2.02. The van der Waals surface area contributed by atoms with Crippen LogP contribution in [0.2, 0.25) is 0 Å². The number of benzene rings is 2. The van der Waals surface area contributed by atoms with Crippen LogP contribution in [-0.4, -0.2) is 41.4 Å². The Balaban J connectivity index is 1.64. The first-order chi connectivity index (χ1) is 12.3. The number of aliphatic hydroxyl groups excluding tert-OH is 1. The lowest BCUT2D eigenvalue weighted by atomic mass is 10.2. The molecule has 25 heavy (non-hydrogen) atoms. The third kappa shape index (κ3) is 4.58. The number of nitrogens with one attached hydrogen (secondary N) is 2. The molecule has 0 aliphatic rings. The van der Waals surface area contributed by atoms with E-state index in [2.05, 4.69) is 20.6 Å². The molecule has 3 rings (SSSR count). The highest BCUT2D eigenvalue weighted by atomic mass is 16.5. The van der Waals surface area contributed by atoms with Crippen LogP contribution in [0, 0.1) is 6.92 Å². The van der Waals surface area contributed by atoms with Gasteiger partial charge in [-0.05, 0) is 36.8 Å². The lowest BCUT2D eigenvalue weighted by Gasteiger charge is -2.12. The molecule has 0 unspecified atom stereocenters. The van der Waals surface area contributed by atoms with Gasteiger partial charge in [-0.3, -0.25) is 0 Å². The standard InChI is InChI=1S/C19H22N4O2/c1-14-5-4-6-15(13-14)25-12-10-21-19-22-17-8-3-2-7-16(17)18(23-19)20-9-11-24/h2-8,13,24H,9-12H2,1H3,(H2,20,21,22,23). The van der Waals surface area contributed by atoms with Crippen LogP contribution in [0.15, 0.2) is 48.5 Å². The molecular formula is C19H22N4O2. The third-order valence-electron chi connectivity index (χ3n) is 3.65. The largest absolute Gasteiger partial charge is 0.492 e. The third-order valence-corrected chi connectivity index (χ3v) is 3.65. The Morgan fingerprint density at radius 3 is 2.72 bits per heavy atom. The Hall–Kier alpha value is -2.86. The van der Waals surface area contributed by atoms with Gasteiger partial charge in [-0.25, -0.2) is 4.98 Å². The molecule has 0 aliphatic heterocycles. The molecule has 0 aliphatic carbocycles. The van der Waals surface area contributed by atoms with Crippen molar-refractivity contribution >= 4 is 22.7 Å². The molecule has 6 nitrogen and oxygen atoms in total. The summed E-state index contributed by atoms with van der Waals surface area (Å²) in [6.07, 6.45) is 0. The summed E-state index contributed by atoms with van der Waals surface area (Å²) in [5.74, 6) is 2.10. The van der Waals surface area contributed by atoms with Gasteiger partial charge in [-0.2, -0.15) is 4.98 Å². The molecule has 0 saturated heterocycles. The van der Waals surface area contributed by atoms with Crippen molar-refractivity contribution in [2.24, 2.45) is 0 Å². The van der Waals surface area contributed by atoms with Crippen molar-refractivity contribution in [1.82, 2.24) is 9.97 Å². The molecule has 1 heterocycles. The molecule has 0 spiro atoms. The Labute approximate surface area is 146 Å². The highest BCUT2D eigenvalue weighted by molar-refractivity contribution is 5.89. The number of hydrogen-bond acceptors (Lipinski definition) is 6. The van der Waals surface area contributed by atoms with Crippen LogP contribution in [0.25, 0.3) is 10.9 Å². The van der Waals surface area contributed by atoms with Crippen LogP contribution in [-0.2, 0) is 0 Å². The van der Waals surface area contributed by atoms with Crippen molar-refractivity contribution < 1.29 is 9.84 Å². The van der Waals surface area contributed by atoms with Gasteiger partial charge in [-0.15, -0.1) is 0 Å². The maximum atomic E-state index is 9.03. The minimum Gasteiger partial charge on any atom is -0.492 e. The van der Waals surface area contributed by atoms with Gasteiger partial charge >= 0.3 is 0 Å². The summed E-state index contributed by atoms with van der Waals surface area (Å²) < 4.78 is 5.72. The average Bonchev–Trinajstić information content (AvgIpc) is 2.63. The van der Waals surface area contributed by atoms with Gasteiger partial charge < -0.3 is 20.5 Å². The van der Waals surface area contributed by atoms with E-state index in [1.807, 2.05) is 55.5 Å². The summed E-state index contributed by atoms with van der Waals surface area (Å²) in [4.78, 5) is 9.02. The quantitative estimate of drug-likeness (QED) is 0.548. The fraction of sp³-hybridized carbons (Fsp3) is 0.263. The van der Waals surface area contributed by atoms with Crippen molar-refractivity contribution in [2.45, 2.75) is 6.92 Å². The van der Waals surface area contributed by atoms with E-state index in [0.29, 0.717) is 31.5 Å². The fourth-order valence-corrected chi connectivity index (χ4v) is 2.50. The van der Waals surface area contributed by atoms with Crippen molar-refractivity contribution in [1.29, 1.82) is 0 Å². The number of nitrogens with zero attached hydrogens (tertiary/aromatic N) is 2. The molecule has 0 radical (unpaired) electrons. The smallest absolute Gasteiger partial charge is 0.225 e. The number of aromatic nitrogens is 2. The average molecular weight is 338 g/mol. The molecule has 0 fully saturated rings. The van der Waals surface area contributed by atoms with Crippen LogP contribution >= 0.6 is 0 Å². The number of anilines is 2. The lowest BCUT2D eigenvalue weighted by molar-refractivity contribution is 0.311. The minimum absolute atomic E-state index is 0.0470. The minimum atomic E-state index is 0.0470. The zero-order valence-corrected chi connectivity index (χ0v) is 14.2. The summed E-state index contributed by atoms with van der Waals surface area (Å²) in [5, 5.41) is 16.3. The Morgan fingerprint density at radius 2 is 1.88 bits per heavy atom. The van der Waals surface area contributed by atoms with E-state index in [-0.39, 0.29) is 6.61 Å². The van der Waals surface area contributed by atoms with Gasteiger partial charge in [0.1, 0.15) is 18.2 Å². The second-order valence-corrected chi connectivity index (χ2v) is 5.66. The molecule has 0 bridgehead atoms. The predicted molar refractivity (Wildman–Crippen MR) is 100 cm³/mol. The summed E-state index contributed by atoms with van der Waals surface area (Å²) in [6, 6.07) is 15.7. The molecule has 3 aromatic rings. The van der Waals surface area contributed by atoms with Gasteiger partial charge in [0.15, 0.2) is 0 Å². The van der Waals surface area contributed by atoms with E-state index in [0.717, 1.165) is 16.7 Å². The number of rotatable bonds is 8. The first kappa shape index (κ1) is 17.0. The normalized spacial score (nSPS) is 10.6. The first-order valence-corrected chi connectivity index (χ1v) is 8.31. The van der Waals surface area contributed by atoms with E-state index in [1.165, 1.54) is 5.56 Å². The predicted octanol–water partition coefficient (Wildman–Crippen LogP) is 2.83. The summed E-state index contributed by atoms with van der Waals surface area (Å²) in [7, 11) is 0. The molecule has 0 amide bonds. The molecule has 6 heteroatoms. The molecule has 130 valence electrons. The molecule has 0 atom stereocenters. The maximum Gasteiger partial charge on any atom is 0.225 e. The molecule has 1 aromatic heterocycles. The number of para-hydroxylation sites is 1. The molecular weight excluding hydrogens is 316 g/mol. The number of ether oxygens (including phenoxy) is 1. The van der Waals surface area contributed by atoms with Crippen molar-refractivity contribution in [3.63, 3.8) is 0 Å². The van der Waals surface area contributed by atoms with E-state index in [9.17, 15) is 0 Å². The van der Waals surface area contributed by atoms with Gasteiger partial charge in [-0.1, -0.05) is 24.3 Å². The van der Waals surface area contributed by atoms with Crippen LogP contribution in [0.3, 0.4) is 0 Å². The van der Waals surface area contributed by atoms with E-state index < -0.39 is 0 Å². The monoisotopic (exact) mass is 338 g/mol. The fourth-order valence-electron chi connectivity index (χ4n) is 2.50. The van der Waals surface area contributed by atoms with Gasteiger partial charge in [0.05, 0.1) is 18.7 Å². The van der Waals surface area contributed by atoms with Crippen molar-refractivity contribution in [3.05, 3.63) is 54.1 Å². The van der Waals surface area contributed by atoms with Crippen LogP contribution in [0.5, 0.6) is 5.75 Å². The highest BCUT2D eigenvalue weighted by Gasteiger charge is 2.06. The first-order valence-electron chi connectivity index (χ1n) is 8.31. The molecule has 0 saturated carbocycles. The topological polar surface area (TPSA) is 79.3 Å². The SMILES string of the molecule is Cc1cccc(OCCNc2nc(NCCO)c3ccccc3n2)c1. The maximum absolute atomic E-state index is 9.03.